The molecule has 0 bridgehead atoms. The number of Topliss-reactive ketones (excluding diaryl/α,β-unsaturated/α-hetero) is 1. The fourth-order valence-electron chi connectivity index (χ4n) is 2.14. The number of carbonyl (C=O) groups excluding carboxylic acids is 1. The Morgan fingerprint density at radius 1 is 1.53 bits per heavy atom. The highest BCUT2D eigenvalue weighted by Crippen LogP contribution is 2.28. The molecule has 0 aromatic carbocycles. The van der Waals surface area contributed by atoms with Gasteiger partial charge in [0.25, 0.3) is 0 Å². The lowest BCUT2D eigenvalue weighted by Gasteiger charge is -2.12. The van der Waals surface area contributed by atoms with E-state index in [1.54, 1.807) is 11.3 Å². The molecule has 1 aliphatic rings. The molecule has 2 N–H and O–H groups in total. The molecule has 0 spiro atoms. The molecule has 1 fully saturated rings. The van der Waals surface area contributed by atoms with Crippen LogP contribution < -0.4 is 5.73 Å². The summed E-state index contributed by atoms with van der Waals surface area (Å²) >= 11 is 5.03. The third-order valence-electron chi connectivity index (χ3n) is 2.96. The van der Waals surface area contributed by atoms with Gasteiger partial charge >= 0.3 is 0 Å². The van der Waals surface area contributed by atoms with E-state index in [9.17, 15) is 4.79 Å². The lowest BCUT2D eigenvalue weighted by Crippen LogP contribution is -2.31. The van der Waals surface area contributed by atoms with Crippen LogP contribution in [0, 0.1) is 5.92 Å². The molecule has 0 unspecified atom stereocenters. The van der Waals surface area contributed by atoms with E-state index < -0.39 is 0 Å². The Labute approximate surface area is 102 Å². The number of rotatable bonds is 3. The third-order valence-corrected chi connectivity index (χ3v) is 4.58. The van der Waals surface area contributed by atoms with Gasteiger partial charge in [0, 0.05) is 23.3 Å². The van der Waals surface area contributed by atoms with E-state index in [2.05, 4.69) is 15.9 Å². The Bertz CT molecular complexity index is 363. The minimum absolute atomic E-state index is 0.0981. The number of halogens is 1. The van der Waals surface area contributed by atoms with Crippen LogP contribution in [-0.4, -0.2) is 11.8 Å². The van der Waals surface area contributed by atoms with Crippen molar-refractivity contribution >= 4 is 33.0 Å². The number of thiophene rings is 1. The molecule has 15 heavy (non-hydrogen) atoms. The van der Waals surface area contributed by atoms with E-state index in [0.29, 0.717) is 12.2 Å². The van der Waals surface area contributed by atoms with Crippen molar-refractivity contribution in [2.45, 2.75) is 31.7 Å². The first-order chi connectivity index (χ1) is 7.16. The monoisotopic (exact) mass is 287 g/mol. The largest absolute Gasteiger partial charge is 0.327 e. The van der Waals surface area contributed by atoms with Crippen molar-refractivity contribution in [1.82, 2.24) is 0 Å². The average molecular weight is 288 g/mol. The molecule has 4 heteroatoms. The van der Waals surface area contributed by atoms with Crippen LogP contribution in [0.25, 0.3) is 0 Å². The molecule has 1 aromatic rings. The van der Waals surface area contributed by atoms with Gasteiger partial charge in [-0.2, -0.15) is 0 Å². The van der Waals surface area contributed by atoms with E-state index in [1.165, 1.54) is 0 Å². The summed E-state index contributed by atoms with van der Waals surface area (Å²) in [7, 11) is 0. The molecule has 1 saturated carbocycles. The molecule has 2 rings (SSSR count). The quantitative estimate of drug-likeness (QED) is 0.929. The van der Waals surface area contributed by atoms with Crippen molar-refractivity contribution in [2.75, 3.05) is 0 Å². The standard InChI is InChI=1S/C11H14BrNOS/c12-11-5-4-7(15-11)6-10(14)8-2-1-3-9(8)13/h4-5,8-9H,1-3,6,13H2/t8-,9+/m0/s1. The van der Waals surface area contributed by atoms with Crippen molar-refractivity contribution in [2.24, 2.45) is 11.7 Å². The normalized spacial score (nSPS) is 25.7. The lowest BCUT2D eigenvalue weighted by atomic mass is 9.96. The van der Waals surface area contributed by atoms with E-state index in [0.717, 1.165) is 27.9 Å². The van der Waals surface area contributed by atoms with Gasteiger partial charge < -0.3 is 5.73 Å². The first kappa shape index (κ1) is 11.3. The van der Waals surface area contributed by atoms with Gasteiger partial charge in [0.15, 0.2) is 0 Å². The maximum absolute atomic E-state index is 11.9. The zero-order valence-electron chi connectivity index (χ0n) is 8.41. The van der Waals surface area contributed by atoms with Crippen LogP contribution in [0.5, 0.6) is 0 Å². The Morgan fingerprint density at radius 2 is 2.33 bits per heavy atom. The third kappa shape index (κ3) is 2.68. The van der Waals surface area contributed by atoms with Crippen LogP contribution in [0.15, 0.2) is 15.9 Å². The molecule has 82 valence electrons. The van der Waals surface area contributed by atoms with Gasteiger partial charge in [-0.1, -0.05) is 6.42 Å². The summed E-state index contributed by atoms with van der Waals surface area (Å²) in [6.07, 6.45) is 3.64. The molecular weight excluding hydrogens is 274 g/mol. The summed E-state index contributed by atoms with van der Waals surface area (Å²) in [5.74, 6) is 0.417. The molecule has 1 aliphatic carbocycles. The minimum Gasteiger partial charge on any atom is -0.327 e. The number of hydrogen-bond acceptors (Lipinski definition) is 3. The lowest BCUT2D eigenvalue weighted by molar-refractivity contribution is -0.122. The molecule has 2 atom stereocenters. The predicted molar refractivity (Wildman–Crippen MR) is 66.0 cm³/mol. The van der Waals surface area contributed by atoms with Crippen molar-refractivity contribution in [3.05, 3.63) is 20.8 Å². The van der Waals surface area contributed by atoms with Gasteiger partial charge in [-0.25, -0.2) is 0 Å². The Balaban J connectivity index is 1.97. The smallest absolute Gasteiger partial charge is 0.142 e. The summed E-state index contributed by atoms with van der Waals surface area (Å²) in [5.41, 5.74) is 5.91. The fourth-order valence-corrected chi connectivity index (χ4v) is 3.63. The van der Waals surface area contributed by atoms with E-state index in [4.69, 9.17) is 5.73 Å². The van der Waals surface area contributed by atoms with Gasteiger partial charge in [-0.05, 0) is 40.9 Å². The summed E-state index contributed by atoms with van der Waals surface area (Å²) in [4.78, 5) is 13.1. The summed E-state index contributed by atoms with van der Waals surface area (Å²) in [5, 5.41) is 0. The Hall–Kier alpha value is -0.190. The highest BCUT2D eigenvalue weighted by Gasteiger charge is 2.29. The van der Waals surface area contributed by atoms with Crippen molar-refractivity contribution < 1.29 is 4.79 Å². The van der Waals surface area contributed by atoms with E-state index in [-0.39, 0.29) is 12.0 Å². The predicted octanol–water partition coefficient (Wildman–Crippen LogP) is 2.75. The number of hydrogen-bond donors (Lipinski definition) is 1. The Morgan fingerprint density at radius 3 is 2.87 bits per heavy atom. The topological polar surface area (TPSA) is 43.1 Å². The van der Waals surface area contributed by atoms with Gasteiger partial charge in [0.1, 0.15) is 5.78 Å². The van der Waals surface area contributed by atoms with Crippen LogP contribution in [0.1, 0.15) is 24.1 Å². The van der Waals surface area contributed by atoms with Gasteiger partial charge in [0.2, 0.25) is 0 Å². The molecule has 0 saturated heterocycles. The highest BCUT2D eigenvalue weighted by molar-refractivity contribution is 9.11. The summed E-state index contributed by atoms with van der Waals surface area (Å²) in [6.45, 7) is 0. The average Bonchev–Trinajstić information content (AvgIpc) is 2.75. The SMILES string of the molecule is N[C@@H]1CCC[C@@H]1C(=O)Cc1ccc(Br)s1. The summed E-state index contributed by atoms with van der Waals surface area (Å²) < 4.78 is 1.08. The molecule has 0 amide bonds. The second-order valence-corrected chi connectivity index (χ2v) is 6.60. The minimum atomic E-state index is 0.0981. The van der Waals surface area contributed by atoms with Crippen LogP contribution in [0.3, 0.4) is 0 Å². The van der Waals surface area contributed by atoms with Crippen LogP contribution in [0.4, 0.5) is 0 Å². The molecular formula is C11H14BrNOS. The van der Waals surface area contributed by atoms with Gasteiger partial charge in [0.05, 0.1) is 3.79 Å². The maximum atomic E-state index is 11.9. The molecule has 0 aliphatic heterocycles. The number of carbonyl (C=O) groups is 1. The van der Waals surface area contributed by atoms with Crippen LogP contribution >= 0.6 is 27.3 Å². The van der Waals surface area contributed by atoms with Crippen molar-refractivity contribution in [3.8, 4) is 0 Å². The molecule has 0 radical (unpaired) electrons. The van der Waals surface area contributed by atoms with Gasteiger partial charge in [-0.3, -0.25) is 4.79 Å². The fraction of sp³-hybridized carbons (Fsp3) is 0.545. The molecule has 1 heterocycles. The van der Waals surface area contributed by atoms with Crippen LogP contribution in [0.2, 0.25) is 0 Å². The van der Waals surface area contributed by atoms with Crippen LogP contribution in [-0.2, 0) is 11.2 Å². The first-order valence-corrected chi connectivity index (χ1v) is 6.80. The maximum Gasteiger partial charge on any atom is 0.142 e. The van der Waals surface area contributed by atoms with Crippen molar-refractivity contribution in [3.63, 3.8) is 0 Å². The molecule has 1 aromatic heterocycles. The van der Waals surface area contributed by atoms with E-state index in [1.807, 2.05) is 12.1 Å². The number of nitrogens with two attached hydrogens (primary N) is 1. The first-order valence-electron chi connectivity index (χ1n) is 5.19. The highest BCUT2D eigenvalue weighted by atomic mass is 79.9. The number of ketones is 1. The zero-order chi connectivity index (χ0) is 10.8. The zero-order valence-corrected chi connectivity index (χ0v) is 10.8. The van der Waals surface area contributed by atoms with Crippen molar-refractivity contribution in [1.29, 1.82) is 0 Å². The summed E-state index contributed by atoms with van der Waals surface area (Å²) in [6, 6.07) is 4.09. The second-order valence-electron chi connectivity index (χ2n) is 4.05. The second kappa shape index (κ2) is 4.76. The Kier molecular flexibility index (Phi) is 3.59. The van der Waals surface area contributed by atoms with E-state index >= 15 is 0 Å². The van der Waals surface area contributed by atoms with Gasteiger partial charge in [-0.15, -0.1) is 11.3 Å². The molecule has 2 nitrogen and oxygen atoms in total.